The molecule has 15 heteroatoms. The molecule has 0 rings (SSSR count). The Morgan fingerprint density at radius 3 is 0.857 bits per heavy atom. The van der Waals surface area contributed by atoms with Crippen LogP contribution in [-0.2, 0) is 17.1 Å². The molecule has 1 N–H and O–H groups in total. The van der Waals surface area contributed by atoms with Gasteiger partial charge in [-0.25, -0.2) is 0 Å². The van der Waals surface area contributed by atoms with Crippen molar-refractivity contribution in [3.05, 3.63) is 0 Å². The minimum atomic E-state index is -7.96. The van der Waals surface area contributed by atoms with E-state index in [1.54, 1.807) is 0 Å². The summed E-state index contributed by atoms with van der Waals surface area (Å²) in [6.45, 7) is 0. The number of alkyl halides is 13. The number of aliphatic hydroxyl groups is 1. The summed E-state index contributed by atoms with van der Waals surface area (Å²) in [5.74, 6) is -31.2. The number of halogens is 13. The standard InChI is InChI=1S/C6HF13O.Cu/c7-1(8,3(11,12)5(15,16)17)2(9,10)4(13,14)6(18,19)20;/h20H;. The van der Waals surface area contributed by atoms with E-state index in [1.165, 1.54) is 0 Å². The van der Waals surface area contributed by atoms with E-state index >= 15 is 0 Å². The third-order valence-electron chi connectivity index (χ3n) is 1.92. The van der Waals surface area contributed by atoms with Crippen molar-refractivity contribution in [2.45, 2.75) is 36.0 Å². The molecule has 0 aliphatic carbocycles. The Hall–Kier alpha value is -0.431. The molecule has 0 saturated heterocycles. The van der Waals surface area contributed by atoms with Crippen LogP contribution in [0.5, 0.6) is 0 Å². The molecule has 0 spiro atoms. The molecule has 0 saturated carbocycles. The van der Waals surface area contributed by atoms with Crippen LogP contribution < -0.4 is 0 Å². The van der Waals surface area contributed by atoms with Gasteiger partial charge in [0.05, 0.1) is 0 Å². The molecule has 0 bridgehead atoms. The van der Waals surface area contributed by atoms with Crippen LogP contribution in [0.1, 0.15) is 0 Å². The Kier molecular flexibility index (Phi) is 5.80. The Balaban J connectivity index is 0. The van der Waals surface area contributed by atoms with Gasteiger partial charge in [-0.05, 0) is 0 Å². The first kappa shape index (κ1) is 22.8. The van der Waals surface area contributed by atoms with Gasteiger partial charge in [0.2, 0.25) is 0 Å². The second-order valence-electron chi connectivity index (χ2n) is 3.34. The molecule has 0 atom stereocenters. The summed E-state index contributed by atoms with van der Waals surface area (Å²) in [4.78, 5) is 0. The summed E-state index contributed by atoms with van der Waals surface area (Å²) in [6, 6.07) is 0. The van der Waals surface area contributed by atoms with Crippen molar-refractivity contribution in [3.8, 4) is 0 Å². The zero-order chi connectivity index (χ0) is 17.0. The quantitative estimate of drug-likeness (QED) is 0.565. The third kappa shape index (κ3) is 3.04. The van der Waals surface area contributed by atoms with Crippen LogP contribution in [0.25, 0.3) is 0 Å². The summed E-state index contributed by atoms with van der Waals surface area (Å²) < 4.78 is 156. The van der Waals surface area contributed by atoms with Crippen LogP contribution in [-0.4, -0.2) is 41.1 Å². The number of hydrogen-bond donors (Lipinski definition) is 1. The maximum Gasteiger partial charge on any atom is 0.460 e. The Bertz CT molecular complexity index is 330. The third-order valence-corrected chi connectivity index (χ3v) is 1.92. The second kappa shape index (κ2) is 5.33. The summed E-state index contributed by atoms with van der Waals surface area (Å²) >= 11 is 0. The first-order valence-electron chi connectivity index (χ1n) is 3.93. The summed E-state index contributed by atoms with van der Waals surface area (Å²) in [6.07, 6.45) is -14.4. The fourth-order valence-corrected chi connectivity index (χ4v) is 0.761. The smallest absolute Gasteiger partial charge is 0.331 e. The molecule has 0 aromatic rings. The SMILES string of the molecule is OC(F)(F)C(F)(F)C(F)(F)C(F)(F)C(F)(F)C(F)(F)F.[Cu]. The van der Waals surface area contributed by atoms with E-state index in [4.69, 9.17) is 5.11 Å². The maximum absolute atomic E-state index is 12.4. The van der Waals surface area contributed by atoms with Crippen LogP contribution in [0.15, 0.2) is 0 Å². The molecular weight excluding hydrogens is 399 g/mol. The largest absolute Gasteiger partial charge is 0.460 e. The molecule has 0 fully saturated rings. The van der Waals surface area contributed by atoms with E-state index in [1.807, 2.05) is 0 Å². The first-order chi connectivity index (χ1) is 8.25. The minimum absolute atomic E-state index is 0. The van der Waals surface area contributed by atoms with Crippen LogP contribution >= 0.6 is 0 Å². The van der Waals surface area contributed by atoms with Crippen LogP contribution in [0.2, 0.25) is 0 Å². The zero-order valence-electron chi connectivity index (χ0n) is 8.66. The normalized spacial score (nSPS) is 15.7. The summed E-state index contributed by atoms with van der Waals surface area (Å²) in [5.41, 5.74) is 0. The molecular formula is C6HCuF13O. The van der Waals surface area contributed by atoms with E-state index in [0.29, 0.717) is 0 Å². The Morgan fingerprint density at radius 1 is 0.429 bits per heavy atom. The fraction of sp³-hybridized carbons (Fsp3) is 1.00. The van der Waals surface area contributed by atoms with E-state index < -0.39 is 36.0 Å². The summed E-state index contributed by atoms with van der Waals surface area (Å²) in [5, 5.41) is 7.29. The minimum Gasteiger partial charge on any atom is -0.331 e. The topological polar surface area (TPSA) is 20.2 Å². The molecule has 0 unspecified atom stereocenters. The van der Waals surface area contributed by atoms with Gasteiger partial charge >= 0.3 is 36.0 Å². The van der Waals surface area contributed by atoms with Crippen molar-refractivity contribution in [3.63, 3.8) is 0 Å². The second-order valence-corrected chi connectivity index (χ2v) is 3.34. The number of rotatable bonds is 4. The molecule has 1 nitrogen and oxygen atoms in total. The molecule has 0 amide bonds. The molecule has 0 heterocycles. The van der Waals surface area contributed by atoms with Gasteiger partial charge in [-0.1, -0.05) is 0 Å². The van der Waals surface area contributed by atoms with Gasteiger partial charge in [0, 0.05) is 17.1 Å². The fourth-order valence-electron chi connectivity index (χ4n) is 0.761. The van der Waals surface area contributed by atoms with Gasteiger partial charge in [-0.2, -0.15) is 57.1 Å². The van der Waals surface area contributed by atoms with Crippen LogP contribution in [0.3, 0.4) is 0 Å². The van der Waals surface area contributed by atoms with E-state index in [-0.39, 0.29) is 17.1 Å². The molecule has 0 aromatic carbocycles. The Morgan fingerprint density at radius 2 is 0.667 bits per heavy atom. The van der Waals surface area contributed by atoms with Gasteiger partial charge in [0.25, 0.3) is 0 Å². The van der Waals surface area contributed by atoms with Crippen molar-refractivity contribution in [2.24, 2.45) is 0 Å². The van der Waals surface area contributed by atoms with Crippen LogP contribution in [0.4, 0.5) is 57.1 Å². The molecule has 0 aliphatic rings. The van der Waals surface area contributed by atoms with Crippen molar-refractivity contribution in [1.82, 2.24) is 0 Å². The molecule has 21 heavy (non-hydrogen) atoms. The average Bonchev–Trinajstić information content (AvgIpc) is 2.12. The molecule has 0 aliphatic heterocycles. The Labute approximate surface area is 116 Å². The van der Waals surface area contributed by atoms with Crippen molar-refractivity contribution in [2.75, 3.05) is 0 Å². The average molecular weight is 400 g/mol. The van der Waals surface area contributed by atoms with Gasteiger partial charge in [-0.15, -0.1) is 0 Å². The molecule has 133 valence electrons. The van der Waals surface area contributed by atoms with Crippen molar-refractivity contribution < 1.29 is 79.3 Å². The zero-order valence-corrected chi connectivity index (χ0v) is 9.60. The van der Waals surface area contributed by atoms with Crippen molar-refractivity contribution in [1.29, 1.82) is 0 Å². The first-order valence-corrected chi connectivity index (χ1v) is 3.93. The van der Waals surface area contributed by atoms with Gasteiger partial charge < -0.3 is 5.11 Å². The van der Waals surface area contributed by atoms with Crippen molar-refractivity contribution >= 4 is 0 Å². The maximum atomic E-state index is 12.4. The molecule has 1 radical (unpaired) electrons. The predicted molar refractivity (Wildman–Crippen MR) is 33.0 cm³/mol. The van der Waals surface area contributed by atoms with E-state index in [0.717, 1.165) is 0 Å². The van der Waals surface area contributed by atoms with Gasteiger partial charge in [0.15, 0.2) is 0 Å². The van der Waals surface area contributed by atoms with Gasteiger partial charge in [-0.3, -0.25) is 0 Å². The molecule has 0 aromatic heterocycles. The number of hydrogen-bond acceptors (Lipinski definition) is 1. The monoisotopic (exact) mass is 399 g/mol. The predicted octanol–water partition coefficient (Wildman–Crippen LogP) is 3.67. The van der Waals surface area contributed by atoms with Crippen LogP contribution in [0, 0.1) is 0 Å². The van der Waals surface area contributed by atoms with Gasteiger partial charge in [0.1, 0.15) is 0 Å². The summed E-state index contributed by atoms with van der Waals surface area (Å²) in [7, 11) is 0. The van der Waals surface area contributed by atoms with E-state index in [2.05, 4.69) is 0 Å². The van der Waals surface area contributed by atoms with E-state index in [9.17, 15) is 57.1 Å².